The normalized spacial score (nSPS) is 14.2. The Morgan fingerprint density at radius 1 is 0.522 bits per heavy atom. The molecule has 0 aliphatic heterocycles. The Morgan fingerprint density at radius 2 is 1.09 bits per heavy atom. The number of hydrogen-bond acceptors (Lipinski definition) is 5. The predicted molar refractivity (Wildman–Crippen MR) is 165 cm³/mol. The third-order valence-electron chi connectivity index (χ3n) is 7.39. The first-order valence-corrected chi connectivity index (χ1v) is 12.7. The molecule has 0 aromatic heterocycles. The molecule has 0 unspecified atom stereocenters. The van der Waals surface area contributed by atoms with E-state index < -0.39 is 0 Å². The molecule has 46 heavy (non-hydrogen) atoms. The van der Waals surface area contributed by atoms with Crippen LogP contribution in [0.3, 0.4) is 0 Å². The fourth-order valence-electron chi connectivity index (χ4n) is 5.52. The Bertz CT molecular complexity index is 2360. The van der Waals surface area contributed by atoms with Gasteiger partial charge in [0.2, 0.25) is 5.70 Å². The van der Waals surface area contributed by atoms with E-state index in [0.717, 1.165) is 0 Å². The van der Waals surface area contributed by atoms with Crippen molar-refractivity contribution in [2.45, 2.75) is 0 Å². The van der Waals surface area contributed by atoms with Gasteiger partial charge in [0.1, 0.15) is 18.2 Å². The van der Waals surface area contributed by atoms with Crippen molar-refractivity contribution >= 4 is 44.9 Å². The van der Waals surface area contributed by atoms with Crippen LogP contribution in [0.5, 0.6) is 0 Å². The second-order valence-electron chi connectivity index (χ2n) is 9.45. The number of hydrogen-bond donors (Lipinski definition) is 0. The summed E-state index contributed by atoms with van der Waals surface area (Å²) in [5.41, 5.74) is 1.81. The van der Waals surface area contributed by atoms with Gasteiger partial charge >= 0.3 is 0 Å². The van der Waals surface area contributed by atoms with Gasteiger partial charge in [-0.2, -0.15) is 15.8 Å². The van der Waals surface area contributed by atoms with Crippen LogP contribution in [0.25, 0.3) is 57.8 Å². The minimum atomic E-state index is -0.367. The van der Waals surface area contributed by atoms with Gasteiger partial charge in [-0.15, -0.1) is 0 Å². The van der Waals surface area contributed by atoms with Crippen molar-refractivity contribution in [1.29, 1.82) is 26.3 Å². The van der Waals surface area contributed by atoms with Gasteiger partial charge in [-0.1, -0.05) is 30.3 Å². The Balaban J connectivity index is 1.94. The number of fused-ring (bicyclic) bond motifs is 2. The monoisotopic (exact) mass is 580 g/mol. The van der Waals surface area contributed by atoms with Gasteiger partial charge < -0.3 is 0 Å². The standard InChI is InChI=1S/C36H8N10/c1-42-28-9-8-20(11-29(28)43-2)33-35(31(18-41)45-4)25-13-24-23(12-26(25)36(33)46-5)27(16-39)32(34(24)30(17-40)44-3)19-6-7-21(14-37)22(10-19)15-38/h6-13H/b34-30+,35-31-. The van der Waals surface area contributed by atoms with Crippen LogP contribution >= 0.6 is 0 Å². The van der Waals surface area contributed by atoms with E-state index >= 15 is 0 Å². The lowest BCUT2D eigenvalue weighted by atomic mass is 9.90. The zero-order valence-electron chi connectivity index (χ0n) is 23.1. The van der Waals surface area contributed by atoms with Gasteiger partial charge in [0.25, 0.3) is 11.4 Å². The first kappa shape index (κ1) is 29.0. The summed E-state index contributed by atoms with van der Waals surface area (Å²) >= 11 is 0. The Morgan fingerprint density at radius 3 is 1.63 bits per heavy atom. The molecule has 3 aromatic carbocycles. The molecule has 0 N–H and O–H groups in total. The topological polar surface area (TPSA) is 141 Å². The SMILES string of the molecule is [C-]#[N+]C1=C(c2ccc([N+]#[C-])c([N+]#[C-])c2)/C(=C(/C#N)[N+]#[C-])c2cc3c(cc21)C(C#N)=C(c1ccc(C#N)c(C#N)c1)/C3=C(\C#N)[N+]#[C-]. The Labute approximate surface area is 262 Å². The maximum absolute atomic E-state index is 10.4. The van der Waals surface area contributed by atoms with Gasteiger partial charge in [-0.3, -0.25) is 9.69 Å². The average molecular weight is 581 g/mol. The lowest BCUT2D eigenvalue weighted by molar-refractivity contribution is 1.42. The summed E-state index contributed by atoms with van der Waals surface area (Å²) in [5, 5.41) is 49.4. The van der Waals surface area contributed by atoms with E-state index in [1.807, 2.05) is 24.3 Å². The molecule has 0 radical (unpaired) electrons. The van der Waals surface area contributed by atoms with E-state index in [-0.39, 0.29) is 89.7 Å². The molecule has 2 aliphatic carbocycles. The minimum absolute atomic E-state index is 0.0166. The van der Waals surface area contributed by atoms with Crippen LogP contribution in [0.4, 0.5) is 11.4 Å². The van der Waals surface area contributed by atoms with E-state index in [4.69, 9.17) is 32.9 Å². The molecule has 2 aliphatic rings. The molecule has 0 bridgehead atoms. The molecule has 0 saturated heterocycles. The van der Waals surface area contributed by atoms with Gasteiger partial charge in [0.15, 0.2) is 11.4 Å². The van der Waals surface area contributed by atoms with Crippen LogP contribution in [-0.4, -0.2) is 0 Å². The molecule has 10 nitrogen and oxygen atoms in total. The van der Waals surface area contributed by atoms with Crippen LogP contribution in [0.15, 0.2) is 59.9 Å². The fraction of sp³-hybridized carbons (Fsp3) is 0. The van der Waals surface area contributed by atoms with Crippen molar-refractivity contribution in [3.8, 4) is 30.3 Å². The van der Waals surface area contributed by atoms with Crippen molar-refractivity contribution in [2.24, 2.45) is 0 Å². The molecular weight excluding hydrogens is 572 g/mol. The maximum atomic E-state index is 10.4. The summed E-state index contributed by atoms with van der Waals surface area (Å²) in [7, 11) is 0. The molecule has 0 spiro atoms. The molecule has 5 rings (SSSR count). The highest BCUT2D eigenvalue weighted by Gasteiger charge is 2.37. The molecule has 202 valence electrons. The molecule has 0 saturated carbocycles. The molecule has 0 atom stereocenters. The van der Waals surface area contributed by atoms with E-state index in [9.17, 15) is 26.3 Å². The van der Waals surface area contributed by atoms with Crippen molar-refractivity contribution in [3.63, 3.8) is 0 Å². The average Bonchev–Trinajstić information content (AvgIpc) is 3.59. The van der Waals surface area contributed by atoms with Crippen LogP contribution in [-0.2, 0) is 0 Å². The van der Waals surface area contributed by atoms with Crippen molar-refractivity contribution in [2.75, 3.05) is 0 Å². The summed E-state index contributed by atoms with van der Waals surface area (Å²) in [5.74, 6) is 0. The smallest absolute Gasteiger partial charge is 0.250 e. The summed E-state index contributed by atoms with van der Waals surface area (Å²) in [4.78, 5) is 17.3. The third-order valence-corrected chi connectivity index (χ3v) is 7.39. The highest BCUT2D eigenvalue weighted by Crippen LogP contribution is 2.55. The third kappa shape index (κ3) is 4.11. The highest BCUT2D eigenvalue weighted by atomic mass is 14.8. The quantitative estimate of drug-likeness (QED) is 0.222. The van der Waals surface area contributed by atoms with Crippen LogP contribution in [0.2, 0.25) is 0 Å². The van der Waals surface area contributed by atoms with E-state index in [0.29, 0.717) is 11.1 Å². The summed E-state index contributed by atoms with van der Waals surface area (Å²) in [6.45, 7) is 38.5. The van der Waals surface area contributed by atoms with Crippen LogP contribution in [0, 0.1) is 89.5 Å². The van der Waals surface area contributed by atoms with Crippen LogP contribution in [0.1, 0.15) is 44.5 Å². The van der Waals surface area contributed by atoms with E-state index in [1.165, 1.54) is 48.5 Å². The summed E-state index contributed by atoms with van der Waals surface area (Å²) in [6, 6.07) is 21.5. The lowest BCUT2D eigenvalue weighted by Crippen LogP contribution is -1.95. The molecule has 0 amide bonds. The van der Waals surface area contributed by atoms with Gasteiger partial charge in [-0.05, 0) is 68.3 Å². The fourth-order valence-corrected chi connectivity index (χ4v) is 5.52. The zero-order chi connectivity index (χ0) is 33.1. The zero-order valence-corrected chi connectivity index (χ0v) is 23.1. The maximum Gasteiger partial charge on any atom is 0.270 e. The van der Waals surface area contributed by atoms with E-state index in [2.05, 4.69) is 30.3 Å². The molecular formula is C36H8N10. The number of nitrogens with zero attached hydrogens (tertiary/aromatic N) is 10. The lowest BCUT2D eigenvalue weighted by Gasteiger charge is -2.13. The predicted octanol–water partition coefficient (Wildman–Crippen LogP) is 8.09. The van der Waals surface area contributed by atoms with Crippen LogP contribution < -0.4 is 0 Å². The number of benzene rings is 3. The highest BCUT2D eigenvalue weighted by molar-refractivity contribution is 6.29. The van der Waals surface area contributed by atoms with Gasteiger partial charge in [0, 0.05) is 5.57 Å². The van der Waals surface area contributed by atoms with Crippen molar-refractivity contribution < 1.29 is 0 Å². The summed E-state index contributed by atoms with van der Waals surface area (Å²) in [6.07, 6.45) is 0. The first-order valence-electron chi connectivity index (χ1n) is 12.7. The Hall–Kier alpha value is -8.48. The second kappa shape index (κ2) is 11.4. The molecule has 3 aromatic rings. The van der Waals surface area contributed by atoms with Crippen molar-refractivity contribution in [1.82, 2.24) is 0 Å². The number of allylic oxidation sites excluding steroid dienone is 7. The minimum Gasteiger partial charge on any atom is -0.250 e. The Kier molecular flexibility index (Phi) is 7.21. The number of nitriles is 5. The molecule has 0 heterocycles. The first-order chi connectivity index (χ1) is 22.4. The van der Waals surface area contributed by atoms with Crippen molar-refractivity contribution in [3.05, 3.63) is 162 Å². The molecule has 0 fully saturated rings. The largest absolute Gasteiger partial charge is 0.270 e. The van der Waals surface area contributed by atoms with E-state index in [1.54, 1.807) is 0 Å². The molecule has 10 heteroatoms. The van der Waals surface area contributed by atoms with Gasteiger partial charge in [0.05, 0.1) is 61.7 Å². The summed E-state index contributed by atoms with van der Waals surface area (Å²) < 4.78 is 0. The van der Waals surface area contributed by atoms with Gasteiger partial charge in [-0.25, -0.2) is 25.1 Å². The number of rotatable bonds is 2. The second-order valence-corrected chi connectivity index (χ2v) is 9.45.